The Hall–Kier alpha value is -2.64. The largest absolute Gasteiger partial charge is 0.333 e. The number of nitrogens with one attached hydrogen (secondary N) is 1. The van der Waals surface area contributed by atoms with Gasteiger partial charge in [-0.2, -0.15) is 0 Å². The molecule has 8 heteroatoms. The molecule has 28 heavy (non-hydrogen) atoms. The van der Waals surface area contributed by atoms with Gasteiger partial charge < -0.3 is 4.90 Å². The molecule has 2 heterocycles. The highest BCUT2D eigenvalue weighted by Gasteiger charge is 2.38. The van der Waals surface area contributed by atoms with Crippen molar-refractivity contribution in [3.8, 4) is 0 Å². The van der Waals surface area contributed by atoms with Crippen LogP contribution in [0, 0.1) is 11.7 Å². The number of piperidine rings is 1. The lowest BCUT2D eigenvalue weighted by atomic mass is 9.88. The van der Waals surface area contributed by atoms with Crippen LogP contribution in [0.1, 0.15) is 48.8 Å². The molecule has 1 aliphatic carbocycles. The number of hydrogen-bond acceptors (Lipinski definition) is 3. The molecule has 1 fully saturated rings. The van der Waals surface area contributed by atoms with E-state index in [-0.39, 0.29) is 45.2 Å². The summed E-state index contributed by atoms with van der Waals surface area (Å²) in [6, 6.07) is 2.67. The van der Waals surface area contributed by atoms with Crippen LogP contribution in [0.2, 0.25) is 0 Å². The van der Waals surface area contributed by atoms with Gasteiger partial charge in [-0.05, 0) is 47.2 Å². The average Bonchev–Trinajstić information content (AvgIpc) is 3.04. The van der Waals surface area contributed by atoms with Crippen LogP contribution < -0.4 is 5.32 Å². The number of fused-ring (bicyclic) bond motifs is 1. The summed E-state index contributed by atoms with van der Waals surface area (Å²) >= 11 is 0. The summed E-state index contributed by atoms with van der Waals surface area (Å²) in [5.74, 6) is -5.58. The fourth-order valence-corrected chi connectivity index (χ4v) is 4.10. The van der Waals surface area contributed by atoms with E-state index < -0.39 is 35.4 Å². The van der Waals surface area contributed by atoms with E-state index in [2.05, 4.69) is 5.32 Å². The molecule has 0 aromatic heterocycles. The van der Waals surface area contributed by atoms with Crippen LogP contribution in [-0.2, 0) is 27.5 Å². The lowest BCUT2D eigenvalue weighted by Gasteiger charge is -2.25. The second-order valence-corrected chi connectivity index (χ2v) is 7.58. The quantitative estimate of drug-likeness (QED) is 0.622. The Morgan fingerprint density at radius 2 is 1.96 bits per heavy atom. The lowest BCUT2D eigenvalue weighted by molar-refractivity contribution is -0.146. The van der Waals surface area contributed by atoms with E-state index in [9.17, 15) is 27.6 Å². The molecule has 4 rings (SSSR count). The number of hydrogen-bond donors (Lipinski definition) is 1. The number of alkyl halides is 2. The van der Waals surface area contributed by atoms with Crippen LogP contribution in [0.3, 0.4) is 0 Å². The molecule has 1 aromatic carbocycles. The van der Waals surface area contributed by atoms with Crippen LogP contribution in [0.4, 0.5) is 13.2 Å². The maximum absolute atomic E-state index is 14.1. The minimum Gasteiger partial charge on any atom is -0.333 e. The fraction of sp³-hybridized carbons (Fsp3) is 0.450. The number of halogens is 3. The van der Waals surface area contributed by atoms with Crippen LogP contribution in [0.5, 0.6) is 0 Å². The smallest absolute Gasteiger partial charge is 0.251 e. The van der Waals surface area contributed by atoms with E-state index in [0.717, 1.165) is 5.56 Å². The van der Waals surface area contributed by atoms with Gasteiger partial charge >= 0.3 is 0 Å². The summed E-state index contributed by atoms with van der Waals surface area (Å²) < 4.78 is 41.0. The molecule has 1 N–H and O–H groups in total. The number of amides is 3. The van der Waals surface area contributed by atoms with E-state index in [1.807, 2.05) is 0 Å². The molecule has 1 saturated heterocycles. The fourth-order valence-electron chi connectivity index (χ4n) is 4.10. The van der Waals surface area contributed by atoms with E-state index in [0.29, 0.717) is 16.7 Å². The van der Waals surface area contributed by atoms with Crippen molar-refractivity contribution in [3.05, 3.63) is 40.7 Å². The van der Waals surface area contributed by atoms with Crippen molar-refractivity contribution < 1.29 is 27.6 Å². The monoisotopic (exact) mass is 392 g/mol. The first-order chi connectivity index (χ1) is 13.2. The average molecular weight is 392 g/mol. The van der Waals surface area contributed by atoms with Crippen molar-refractivity contribution >= 4 is 23.3 Å². The van der Waals surface area contributed by atoms with Crippen LogP contribution >= 0.6 is 0 Å². The van der Waals surface area contributed by atoms with Gasteiger partial charge in [0.25, 0.3) is 5.92 Å². The van der Waals surface area contributed by atoms with Crippen LogP contribution in [-0.4, -0.2) is 28.5 Å². The first-order valence-corrected chi connectivity index (χ1v) is 9.24. The SMILES string of the molecule is O=C1CCC(C(=O)N2Cc3cc(F)cc(C4=CCC(F)(F)CC4)c3C2)C(=O)N1. The topological polar surface area (TPSA) is 66.5 Å². The zero-order valence-corrected chi connectivity index (χ0v) is 15.1. The predicted octanol–water partition coefficient (Wildman–Crippen LogP) is 2.92. The standard InChI is InChI=1S/C20H19F3N2O3/c21-13-7-12-9-25(19(28)14-1-2-17(26)24-18(14)27)10-16(12)15(8-13)11-3-5-20(22,23)6-4-11/h3,7-8,14H,1-2,4-6,9-10H2,(H,24,26,27). The molecule has 0 radical (unpaired) electrons. The summed E-state index contributed by atoms with van der Waals surface area (Å²) in [6.45, 7) is 0.343. The Morgan fingerprint density at radius 1 is 1.18 bits per heavy atom. The zero-order chi connectivity index (χ0) is 20.1. The van der Waals surface area contributed by atoms with Gasteiger partial charge in [0.2, 0.25) is 17.7 Å². The Morgan fingerprint density at radius 3 is 2.64 bits per heavy atom. The summed E-state index contributed by atoms with van der Waals surface area (Å²) in [7, 11) is 0. The zero-order valence-electron chi connectivity index (χ0n) is 15.1. The Balaban J connectivity index is 1.58. The number of rotatable bonds is 2. The van der Waals surface area contributed by atoms with Crippen molar-refractivity contribution in [2.75, 3.05) is 0 Å². The molecule has 0 saturated carbocycles. The molecule has 3 amide bonds. The molecule has 1 atom stereocenters. The summed E-state index contributed by atoms with van der Waals surface area (Å²) in [6.07, 6.45) is 1.17. The highest BCUT2D eigenvalue weighted by Crippen LogP contribution is 2.40. The van der Waals surface area contributed by atoms with Crippen LogP contribution in [0.25, 0.3) is 5.57 Å². The lowest BCUT2D eigenvalue weighted by Crippen LogP contribution is -2.47. The van der Waals surface area contributed by atoms with Crippen molar-refractivity contribution in [3.63, 3.8) is 0 Å². The van der Waals surface area contributed by atoms with E-state index in [1.165, 1.54) is 23.1 Å². The number of benzene rings is 1. The number of carbonyl (C=O) groups excluding carboxylic acids is 3. The van der Waals surface area contributed by atoms with Gasteiger partial charge in [0.1, 0.15) is 11.7 Å². The van der Waals surface area contributed by atoms with Gasteiger partial charge in [-0.25, -0.2) is 13.2 Å². The Kier molecular flexibility index (Phi) is 4.51. The minimum absolute atomic E-state index is 0.101. The van der Waals surface area contributed by atoms with Gasteiger partial charge in [0.15, 0.2) is 0 Å². The van der Waals surface area contributed by atoms with Gasteiger partial charge in [-0.15, -0.1) is 0 Å². The third-order valence-electron chi connectivity index (χ3n) is 5.62. The molecule has 1 aromatic rings. The Labute approximate surface area is 159 Å². The second kappa shape index (κ2) is 6.76. The van der Waals surface area contributed by atoms with E-state index in [4.69, 9.17) is 0 Å². The maximum atomic E-state index is 14.1. The van der Waals surface area contributed by atoms with Gasteiger partial charge in [-0.1, -0.05) is 6.08 Å². The van der Waals surface area contributed by atoms with Gasteiger partial charge in [-0.3, -0.25) is 19.7 Å². The summed E-state index contributed by atoms with van der Waals surface area (Å²) in [4.78, 5) is 37.5. The van der Waals surface area contributed by atoms with Crippen molar-refractivity contribution in [2.45, 2.75) is 51.1 Å². The first-order valence-electron chi connectivity index (χ1n) is 9.24. The highest BCUT2D eigenvalue weighted by molar-refractivity contribution is 6.08. The van der Waals surface area contributed by atoms with E-state index in [1.54, 1.807) is 0 Å². The van der Waals surface area contributed by atoms with Gasteiger partial charge in [0, 0.05) is 32.4 Å². The molecule has 0 spiro atoms. The molecule has 1 unspecified atom stereocenters. The number of carbonyl (C=O) groups is 3. The molecule has 3 aliphatic rings. The van der Waals surface area contributed by atoms with Crippen molar-refractivity contribution in [1.82, 2.24) is 10.2 Å². The predicted molar refractivity (Wildman–Crippen MR) is 93.3 cm³/mol. The van der Waals surface area contributed by atoms with Crippen LogP contribution in [0.15, 0.2) is 18.2 Å². The highest BCUT2D eigenvalue weighted by atomic mass is 19.3. The van der Waals surface area contributed by atoms with Crippen molar-refractivity contribution in [2.24, 2.45) is 5.92 Å². The summed E-state index contributed by atoms with van der Waals surface area (Å²) in [5.41, 5.74) is 2.58. The summed E-state index contributed by atoms with van der Waals surface area (Å²) in [5, 5.41) is 2.17. The Bertz CT molecular complexity index is 910. The van der Waals surface area contributed by atoms with Gasteiger partial charge in [0.05, 0.1) is 0 Å². The molecule has 5 nitrogen and oxygen atoms in total. The number of nitrogens with zero attached hydrogens (tertiary/aromatic N) is 1. The van der Waals surface area contributed by atoms with E-state index >= 15 is 0 Å². The molecule has 148 valence electrons. The maximum Gasteiger partial charge on any atom is 0.251 e. The first kappa shape index (κ1) is 18.7. The third kappa shape index (κ3) is 3.43. The normalized spacial score (nSPS) is 23.9. The third-order valence-corrected chi connectivity index (χ3v) is 5.62. The number of allylic oxidation sites excluding steroid dienone is 2. The molecule has 0 bridgehead atoms. The minimum atomic E-state index is -2.74. The second-order valence-electron chi connectivity index (χ2n) is 7.58. The molecular weight excluding hydrogens is 373 g/mol. The molecular formula is C20H19F3N2O3. The number of imide groups is 1. The van der Waals surface area contributed by atoms with Crippen molar-refractivity contribution in [1.29, 1.82) is 0 Å². The molecule has 2 aliphatic heterocycles.